The van der Waals surface area contributed by atoms with Crippen molar-refractivity contribution in [1.82, 2.24) is 14.6 Å². The predicted octanol–water partition coefficient (Wildman–Crippen LogP) is 1.56. The van der Waals surface area contributed by atoms with E-state index in [1.807, 2.05) is 25.3 Å². The van der Waals surface area contributed by atoms with Gasteiger partial charge in [-0.05, 0) is 31.5 Å². The fourth-order valence-corrected chi connectivity index (χ4v) is 1.42. The summed E-state index contributed by atoms with van der Waals surface area (Å²) in [6, 6.07) is 3.96. The molecule has 0 aliphatic carbocycles. The van der Waals surface area contributed by atoms with Crippen LogP contribution in [0.3, 0.4) is 0 Å². The first-order chi connectivity index (χ1) is 7.15. The second-order valence-electron chi connectivity index (χ2n) is 3.74. The third-order valence-corrected chi connectivity index (χ3v) is 2.24. The van der Waals surface area contributed by atoms with Gasteiger partial charge in [-0.25, -0.2) is 9.50 Å². The first kappa shape index (κ1) is 9.83. The Kier molecular flexibility index (Phi) is 2.49. The zero-order valence-corrected chi connectivity index (χ0v) is 8.90. The Bertz CT molecular complexity index is 502. The highest BCUT2D eigenvalue weighted by atomic mass is 16.1. The van der Waals surface area contributed by atoms with Crippen molar-refractivity contribution in [2.24, 2.45) is 0 Å². The number of hydrogen-bond acceptors (Lipinski definition) is 3. The smallest absolute Gasteiger partial charge is 0.155 e. The molecule has 0 saturated heterocycles. The number of aromatic nitrogens is 3. The summed E-state index contributed by atoms with van der Waals surface area (Å²) in [4.78, 5) is 15.2. The zero-order chi connectivity index (χ0) is 10.8. The van der Waals surface area contributed by atoms with Crippen molar-refractivity contribution in [1.29, 1.82) is 0 Å². The molecule has 0 saturated carbocycles. The minimum atomic E-state index is 0.171. The summed E-state index contributed by atoms with van der Waals surface area (Å²) in [6.07, 6.45) is 3.01. The van der Waals surface area contributed by atoms with Crippen LogP contribution < -0.4 is 0 Å². The molecular weight excluding hydrogens is 190 g/mol. The van der Waals surface area contributed by atoms with Crippen LogP contribution in [0.25, 0.3) is 5.65 Å². The number of fused-ring (bicyclic) bond motifs is 1. The van der Waals surface area contributed by atoms with E-state index in [0.29, 0.717) is 12.8 Å². The van der Waals surface area contributed by atoms with E-state index < -0.39 is 0 Å². The van der Waals surface area contributed by atoms with Gasteiger partial charge < -0.3 is 4.79 Å². The maximum absolute atomic E-state index is 10.8. The van der Waals surface area contributed by atoms with Crippen LogP contribution in [0, 0.1) is 6.92 Å². The lowest BCUT2D eigenvalue weighted by atomic mass is 10.2. The molecule has 0 unspecified atom stereocenters. The Morgan fingerprint density at radius 1 is 1.53 bits per heavy atom. The van der Waals surface area contributed by atoms with Crippen LogP contribution in [0.1, 0.15) is 24.7 Å². The Morgan fingerprint density at radius 3 is 3.07 bits per heavy atom. The normalized spacial score (nSPS) is 10.8. The molecule has 2 aromatic heterocycles. The highest BCUT2D eigenvalue weighted by Gasteiger charge is 2.04. The molecule has 78 valence electrons. The second kappa shape index (κ2) is 3.81. The average molecular weight is 203 g/mol. The lowest BCUT2D eigenvalue weighted by Crippen LogP contribution is -1.96. The minimum Gasteiger partial charge on any atom is -0.300 e. The number of rotatable bonds is 3. The minimum absolute atomic E-state index is 0.171. The molecule has 0 fully saturated rings. The van der Waals surface area contributed by atoms with Crippen molar-refractivity contribution in [3.05, 3.63) is 29.7 Å². The molecule has 0 aliphatic rings. The molecule has 2 aromatic rings. The molecule has 0 aliphatic heterocycles. The summed E-state index contributed by atoms with van der Waals surface area (Å²) in [6.45, 7) is 3.60. The van der Waals surface area contributed by atoms with E-state index in [0.717, 1.165) is 17.0 Å². The molecule has 0 aromatic carbocycles. The van der Waals surface area contributed by atoms with Crippen molar-refractivity contribution >= 4 is 11.4 Å². The molecule has 0 radical (unpaired) electrons. The van der Waals surface area contributed by atoms with Gasteiger partial charge in [0.2, 0.25) is 0 Å². The second-order valence-corrected chi connectivity index (χ2v) is 3.74. The van der Waals surface area contributed by atoms with Gasteiger partial charge >= 0.3 is 0 Å². The van der Waals surface area contributed by atoms with E-state index in [4.69, 9.17) is 0 Å². The quantitative estimate of drug-likeness (QED) is 0.760. The summed E-state index contributed by atoms with van der Waals surface area (Å²) >= 11 is 0. The van der Waals surface area contributed by atoms with Crippen LogP contribution in [-0.2, 0) is 11.2 Å². The van der Waals surface area contributed by atoms with Gasteiger partial charge in [0.15, 0.2) is 11.5 Å². The molecule has 0 amide bonds. The number of nitrogens with zero attached hydrogens (tertiary/aromatic N) is 3. The number of Topliss-reactive ketones (excluding diaryl/α,β-unsaturated/α-hetero) is 1. The van der Waals surface area contributed by atoms with Crippen LogP contribution in [-0.4, -0.2) is 20.4 Å². The average Bonchev–Trinajstić information content (AvgIpc) is 2.56. The maximum atomic E-state index is 10.8. The number of pyridine rings is 1. The van der Waals surface area contributed by atoms with Crippen LogP contribution in [0.2, 0.25) is 0 Å². The fourth-order valence-electron chi connectivity index (χ4n) is 1.42. The first-order valence-electron chi connectivity index (χ1n) is 4.96. The van der Waals surface area contributed by atoms with Crippen molar-refractivity contribution in [2.45, 2.75) is 26.7 Å². The highest BCUT2D eigenvalue weighted by molar-refractivity contribution is 5.75. The van der Waals surface area contributed by atoms with Crippen LogP contribution >= 0.6 is 0 Å². The van der Waals surface area contributed by atoms with E-state index >= 15 is 0 Å². The van der Waals surface area contributed by atoms with E-state index in [1.165, 1.54) is 0 Å². The summed E-state index contributed by atoms with van der Waals surface area (Å²) in [5, 5.41) is 4.28. The molecular formula is C11H13N3O. The maximum Gasteiger partial charge on any atom is 0.155 e. The van der Waals surface area contributed by atoms with E-state index in [1.54, 1.807) is 11.4 Å². The Hall–Kier alpha value is -1.71. The molecule has 0 bridgehead atoms. The largest absolute Gasteiger partial charge is 0.300 e. The summed E-state index contributed by atoms with van der Waals surface area (Å²) in [7, 11) is 0. The van der Waals surface area contributed by atoms with Crippen molar-refractivity contribution in [3.8, 4) is 0 Å². The molecule has 4 nitrogen and oxygen atoms in total. The lowest BCUT2D eigenvalue weighted by Gasteiger charge is -1.91. The molecule has 0 atom stereocenters. The third-order valence-electron chi connectivity index (χ3n) is 2.24. The Morgan fingerprint density at radius 2 is 2.33 bits per heavy atom. The first-order valence-corrected chi connectivity index (χ1v) is 4.96. The topological polar surface area (TPSA) is 47.3 Å². The van der Waals surface area contributed by atoms with Gasteiger partial charge in [0.1, 0.15) is 5.78 Å². The van der Waals surface area contributed by atoms with E-state index in [9.17, 15) is 4.79 Å². The Labute approximate surface area is 87.9 Å². The lowest BCUT2D eigenvalue weighted by molar-refractivity contribution is -0.117. The molecule has 0 N–H and O–H groups in total. The van der Waals surface area contributed by atoms with Gasteiger partial charge in [-0.2, -0.15) is 5.10 Å². The molecule has 0 spiro atoms. The monoisotopic (exact) mass is 203 g/mol. The fraction of sp³-hybridized carbons (Fsp3) is 0.364. The molecule has 2 rings (SSSR count). The van der Waals surface area contributed by atoms with Crippen LogP contribution in [0.5, 0.6) is 0 Å². The zero-order valence-electron chi connectivity index (χ0n) is 8.90. The van der Waals surface area contributed by atoms with Gasteiger partial charge in [0, 0.05) is 19.0 Å². The summed E-state index contributed by atoms with van der Waals surface area (Å²) in [5.41, 5.74) is 2.00. The number of aryl methyl sites for hydroxylation is 2. The van der Waals surface area contributed by atoms with Gasteiger partial charge in [-0.3, -0.25) is 0 Å². The van der Waals surface area contributed by atoms with Gasteiger partial charge in [0.25, 0.3) is 0 Å². The van der Waals surface area contributed by atoms with E-state index in [2.05, 4.69) is 10.1 Å². The highest BCUT2D eigenvalue weighted by Crippen LogP contribution is 2.05. The van der Waals surface area contributed by atoms with Gasteiger partial charge in [-0.15, -0.1) is 0 Å². The van der Waals surface area contributed by atoms with Gasteiger partial charge in [0.05, 0.1) is 0 Å². The number of carbonyl (C=O) groups is 1. The number of hydrogen-bond donors (Lipinski definition) is 0. The predicted molar refractivity (Wildman–Crippen MR) is 56.7 cm³/mol. The Balaban J connectivity index is 2.27. The SMILES string of the molecule is CC(=O)CCc1nc2cc(C)ccn2n1. The number of ketones is 1. The standard InChI is InChI=1S/C11H13N3O/c1-8-5-6-14-11(7-8)12-10(13-14)4-3-9(2)15/h5-7H,3-4H2,1-2H3. The molecule has 4 heteroatoms. The molecule has 2 heterocycles. The van der Waals surface area contributed by atoms with Crippen LogP contribution in [0.15, 0.2) is 18.3 Å². The number of carbonyl (C=O) groups excluding carboxylic acids is 1. The van der Waals surface area contributed by atoms with Crippen molar-refractivity contribution in [2.75, 3.05) is 0 Å². The van der Waals surface area contributed by atoms with Crippen molar-refractivity contribution < 1.29 is 4.79 Å². The summed E-state index contributed by atoms with van der Waals surface area (Å²) in [5.74, 6) is 0.904. The molecule has 15 heavy (non-hydrogen) atoms. The van der Waals surface area contributed by atoms with Crippen LogP contribution in [0.4, 0.5) is 0 Å². The summed E-state index contributed by atoms with van der Waals surface area (Å²) < 4.78 is 1.74. The van der Waals surface area contributed by atoms with Crippen molar-refractivity contribution in [3.63, 3.8) is 0 Å². The van der Waals surface area contributed by atoms with E-state index in [-0.39, 0.29) is 5.78 Å². The third kappa shape index (κ3) is 2.21. The van der Waals surface area contributed by atoms with Gasteiger partial charge in [-0.1, -0.05) is 0 Å².